The fourth-order valence-electron chi connectivity index (χ4n) is 3.83. The molecule has 0 bridgehead atoms. The van der Waals surface area contributed by atoms with Gasteiger partial charge in [0, 0.05) is 37.1 Å². The third-order valence-corrected chi connectivity index (χ3v) is 5.34. The highest BCUT2D eigenvalue weighted by Gasteiger charge is 2.31. The highest BCUT2D eigenvalue weighted by molar-refractivity contribution is 5.97. The van der Waals surface area contributed by atoms with Gasteiger partial charge < -0.3 is 34.3 Å². The first-order valence-corrected chi connectivity index (χ1v) is 10.5. The number of aliphatic carboxylic acids is 1. The van der Waals surface area contributed by atoms with E-state index < -0.39 is 17.8 Å². The topological polar surface area (TPSA) is 100 Å². The molecule has 0 aromatic heterocycles. The number of amides is 1. The summed E-state index contributed by atoms with van der Waals surface area (Å²) < 4.78 is 17.1. The Balaban J connectivity index is 1.90. The lowest BCUT2D eigenvalue weighted by atomic mass is 9.82. The lowest BCUT2D eigenvalue weighted by Gasteiger charge is -2.31. The predicted octanol–water partition coefficient (Wildman–Crippen LogP) is 1.59. The van der Waals surface area contributed by atoms with E-state index in [9.17, 15) is 14.7 Å². The molecule has 0 unspecified atom stereocenters. The molecular weight excluding hydrogens is 388 g/mol. The van der Waals surface area contributed by atoms with Gasteiger partial charge in [0.2, 0.25) is 5.91 Å². The van der Waals surface area contributed by atoms with E-state index in [1.807, 2.05) is 26.0 Å². The van der Waals surface area contributed by atoms with Crippen molar-refractivity contribution >= 4 is 23.3 Å². The molecule has 30 heavy (non-hydrogen) atoms. The SMILES string of the molecule is CCOc1cc(N2CCOCC2)c(OCC)cc1NC(=O)[C@H]1CC=CC[C@@H]1C(=O)[O-]. The molecule has 1 fully saturated rings. The minimum absolute atomic E-state index is 0.291. The van der Waals surface area contributed by atoms with Crippen molar-refractivity contribution in [1.29, 1.82) is 0 Å². The van der Waals surface area contributed by atoms with Gasteiger partial charge in [0.25, 0.3) is 0 Å². The normalized spacial score (nSPS) is 21.2. The molecule has 1 N–H and O–H groups in total. The number of morpholine rings is 1. The van der Waals surface area contributed by atoms with Gasteiger partial charge in [-0.1, -0.05) is 12.2 Å². The lowest BCUT2D eigenvalue weighted by Crippen LogP contribution is -2.41. The average Bonchev–Trinajstić information content (AvgIpc) is 2.76. The monoisotopic (exact) mass is 417 g/mol. The molecule has 2 aliphatic rings. The number of hydrogen-bond donors (Lipinski definition) is 1. The first kappa shape index (κ1) is 22.0. The molecule has 0 radical (unpaired) electrons. The number of nitrogens with zero attached hydrogens (tertiary/aromatic N) is 1. The van der Waals surface area contributed by atoms with Crippen molar-refractivity contribution in [1.82, 2.24) is 0 Å². The molecule has 1 heterocycles. The molecule has 1 amide bonds. The third-order valence-electron chi connectivity index (χ3n) is 5.34. The second kappa shape index (κ2) is 10.3. The largest absolute Gasteiger partial charge is 0.550 e. The van der Waals surface area contributed by atoms with E-state index in [1.165, 1.54) is 0 Å². The molecule has 3 rings (SSSR count). The predicted molar refractivity (Wildman–Crippen MR) is 111 cm³/mol. The van der Waals surface area contributed by atoms with Crippen molar-refractivity contribution in [3.05, 3.63) is 24.3 Å². The van der Waals surface area contributed by atoms with Crippen LogP contribution < -0.4 is 24.8 Å². The van der Waals surface area contributed by atoms with E-state index in [2.05, 4.69) is 10.2 Å². The first-order valence-electron chi connectivity index (χ1n) is 10.5. The van der Waals surface area contributed by atoms with Gasteiger partial charge in [-0.05, 0) is 26.7 Å². The highest BCUT2D eigenvalue weighted by atomic mass is 16.5. The molecule has 1 aromatic rings. The molecular formula is C22H29N2O6-. The van der Waals surface area contributed by atoms with E-state index in [-0.39, 0.29) is 5.91 Å². The Hall–Kier alpha value is -2.74. The van der Waals surface area contributed by atoms with Crippen molar-refractivity contribution < 1.29 is 28.9 Å². The van der Waals surface area contributed by atoms with Gasteiger partial charge in [-0.2, -0.15) is 0 Å². The van der Waals surface area contributed by atoms with Crippen LogP contribution in [0.5, 0.6) is 11.5 Å². The summed E-state index contributed by atoms with van der Waals surface area (Å²) in [5.74, 6) is -1.95. The number of carbonyl (C=O) groups is 2. The van der Waals surface area contributed by atoms with Crippen molar-refractivity contribution in [2.24, 2.45) is 11.8 Å². The molecule has 0 spiro atoms. The average molecular weight is 417 g/mol. The summed E-state index contributed by atoms with van der Waals surface area (Å²) in [6.45, 7) is 7.40. The van der Waals surface area contributed by atoms with Gasteiger partial charge in [-0.15, -0.1) is 0 Å². The fourth-order valence-corrected chi connectivity index (χ4v) is 3.83. The fraction of sp³-hybridized carbons (Fsp3) is 0.545. The number of allylic oxidation sites excluding steroid dienone is 2. The second-order valence-electron chi connectivity index (χ2n) is 7.25. The van der Waals surface area contributed by atoms with Gasteiger partial charge in [0.15, 0.2) is 0 Å². The van der Waals surface area contributed by atoms with E-state index in [4.69, 9.17) is 14.2 Å². The Morgan fingerprint density at radius 2 is 1.70 bits per heavy atom. The van der Waals surface area contributed by atoms with E-state index in [0.717, 1.165) is 18.8 Å². The summed E-state index contributed by atoms with van der Waals surface area (Å²) in [6.07, 6.45) is 4.26. The van der Waals surface area contributed by atoms with Crippen LogP contribution in [0.3, 0.4) is 0 Å². The first-order chi connectivity index (χ1) is 14.5. The van der Waals surface area contributed by atoms with Crippen LogP contribution in [0.15, 0.2) is 24.3 Å². The highest BCUT2D eigenvalue weighted by Crippen LogP contribution is 2.40. The van der Waals surface area contributed by atoms with E-state index in [1.54, 1.807) is 12.1 Å². The van der Waals surface area contributed by atoms with Crippen molar-refractivity contribution in [3.63, 3.8) is 0 Å². The summed E-state index contributed by atoms with van der Waals surface area (Å²) in [5, 5.41) is 14.3. The van der Waals surface area contributed by atoms with Gasteiger partial charge in [0.05, 0.1) is 43.7 Å². The van der Waals surface area contributed by atoms with Crippen molar-refractivity contribution in [2.75, 3.05) is 49.7 Å². The maximum absolute atomic E-state index is 12.9. The number of rotatable bonds is 8. The van der Waals surface area contributed by atoms with Gasteiger partial charge >= 0.3 is 0 Å². The number of hydrogen-bond acceptors (Lipinski definition) is 7. The third kappa shape index (κ3) is 5.05. The van der Waals surface area contributed by atoms with Crippen LogP contribution in [0.2, 0.25) is 0 Å². The number of anilines is 2. The van der Waals surface area contributed by atoms with E-state index in [0.29, 0.717) is 56.5 Å². The number of ether oxygens (including phenoxy) is 3. The van der Waals surface area contributed by atoms with Gasteiger partial charge in [-0.25, -0.2) is 0 Å². The van der Waals surface area contributed by atoms with Crippen LogP contribution in [-0.4, -0.2) is 51.4 Å². The molecule has 0 saturated carbocycles. The van der Waals surface area contributed by atoms with Crippen LogP contribution in [-0.2, 0) is 14.3 Å². The van der Waals surface area contributed by atoms with Crippen LogP contribution in [0.25, 0.3) is 0 Å². The summed E-state index contributed by atoms with van der Waals surface area (Å²) >= 11 is 0. The number of carboxylic acids is 1. The maximum atomic E-state index is 12.9. The molecule has 164 valence electrons. The molecule has 8 nitrogen and oxygen atoms in total. The Bertz CT molecular complexity index is 788. The number of carboxylic acid groups (broad SMARTS) is 1. The van der Waals surface area contributed by atoms with E-state index >= 15 is 0 Å². The zero-order valence-electron chi connectivity index (χ0n) is 17.5. The summed E-state index contributed by atoms with van der Waals surface area (Å²) in [6, 6.07) is 3.62. The molecule has 1 aromatic carbocycles. The Morgan fingerprint density at radius 3 is 2.33 bits per heavy atom. The van der Waals surface area contributed by atoms with Crippen LogP contribution >= 0.6 is 0 Å². The van der Waals surface area contributed by atoms with Crippen molar-refractivity contribution in [3.8, 4) is 11.5 Å². The van der Waals surface area contributed by atoms with Gasteiger partial charge in [0.1, 0.15) is 11.5 Å². The molecule has 1 aliphatic carbocycles. The zero-order valence-corrected chi connectivity index (χ0v) is 17.5. The smallest absolute Gasteiger partial charge is 0.228 e. The minimum atomic E-state index is -1.21. The zero-order chi connectivity index (χ0) is 21.5. The number of benzene rings is 1. The quantitative estimate of drug-likeness (QED) is 0.641. The second-order valence-corrected chi connectivity index (χ2v) is 7.25. The van der Waals surface area contributed by atoms with Crippen LogP contribution in [0.1, 0.15) is 26.7 Å². The Kier molecular flexibility index (Phi) is 7.57. The van der Waals surface area contributed by atoms with Gasteiger partial charge in [-0.3, -0.25) is 4.79 Å². The molecule has 1 saturated heterocycles. The van der Waals surface area contributed by atoms with Crippen molar-refractivity contribution in [2.45, 2.75) is 26.7 Å². The number of carbonyl (C=O) groups excluding carboxylic acids is 2. The molecule has 1 aliphatic heterocycles. The summed E-state index contributed by atoms with van der Waals surface area (Å²) in [4.78, 5) is 26.6. The molecule has 2 atom stereocenters. The Morgan fingerprint density at radius 1 is 1.07 bits per heavy atom. The van der Waals surface area contributed by atoms with Crippen LogP contribution in [0, 0.1) is 11.8 Å². The van der Waals surface area contributed by atoms with Crippen LogP contribution in [0.4, 0.5) is 11.4 Å². The standard InChI is InChI=1S/C22H30N2O6/c1-3-29-19-14-18(24-9-11-28-12-10-24)20(30-4-2)13-17(19)23-21(25)15-7-5-6-8-16(15)22(26)27/h5-6,13-16H,3-4,7-12H2,1-2H3,(H,23,25)(H,26,27)/p-1/t15-,16-/m0/s1. The maximum Gasteiger partial charge on any atom is 0.228 e. The lowest BCUT2D eigenvalue weighted by molar-refractivity contribution is -0.313. The molecule has 8 heteroatoms. The Labute approximate surface area is 176 Å². The summed E-state index contributed by atoms with van der Waals surface area (Å²) in [5.41, 5.74) is 1.35. The number of nitrogens with one attached hydrogen (secondary N) is 1. The summed E-state index contributed by atoms with van der Waals surface area (Å²) in [7, 11) is 0. The minimum Gasteiger partial charge on any atom is -0.550 e.